The van der Waals surface area contributed by atoms with Gasteiger partial charge in [0.25, 0.3) is 5.91 Å². The van der Waals surface area contributed by atoms with Crippen molar-refractivity contribution >= 4 is 48.2 Å². The monoisotopic (exact) mass is 665 g/mol. The summed E-state index contributed by atoms with van der Waals surface area (Å²) in [5, 5.41) is 3.97. The lowest BCUT2D eigenvalue weighted by molar-refractivity contribution is -0.123. The van der Waals surface area contributed by atoms with Crippen molar-refractivity contribution in [3.8, 4) is 11.5 Å². The molecular formula is C28H32BrN3O7S2. The SMILES string of the molecule is COc1cc(/C=N\NC(=O)[C@@H](CC(C)C)NS(=O)(=O)c2ccc(C)cc2)cc(Br)c1OS(=O)(=O)c1ccc(C)cc1. The second-order valence-electron chi connectivity index (χ2n) is 9.74. The number of carbonyl (C=O) groups is 1. The summed E-state index contributed by atoms with van der Waals surface area (Å²) in [5.74, 6) is -0.580. The number of sulfonamides is 1. The minimum absolute atomic E-state index is 0.0133. The molecule has 3 rings (SSSR count). The van der Waals surface area contributed by atoms with E-state index in [0.717, 1.165) is 11.1 Å². The molecule has 0 spiro atoms. The number of amides is 1. The van der Waals surface area contributed by atoms with E-state index in [1.54, 1.807) is 24.3 Å². The van der Waals surface area contributed by atoms with Gasteiger partial charge in [0.2, 0.25) is 10.0 Å². The van der Waals surface area contributed by atoms with Crippen LogP contribution in [0.2, 0.25) is 0 Å². The van der Waals surface area contributed by atoms with Crippen molar-refractivity contribution in [2.45, 2.75) is 49.9 Å². The number of benzene rings is 3. The summed E-state index contributed by atoms with van der Waals surface area (Å²) in [6, 6.07) is 14.5. The van der Waals surface area contributed by atoms with Crippen LogP contribution in [-0.2, 0) is 24.9 Å². The molecule has 41 heavy (non-hydrogen) atoms. The van der Waals surface area contributed by atoms with Gasteiger partial charge in [0.1, 0.15) is 10.9 Å². The highest BCUT2D eigenvalue weighted by Gasteiger charge is 2.27. The third-order valence-electron chi connectivity index (χ3n) is 5.80. The molecule has 1 amide bonds. The van der Waals surface area contributed by atoms with Crippen LogP contribution in [0.5, 0.6) is 11.5 Å². The van der Waals surface area contributed by atoms with E-state index in [1.165, 1.54) is 49.7 Å². The first-order valence-electron chi connectivity index (χ1n) is 12.5. The Bertz CT molecular complexity index is 1620. The van der Waals surface area contributed by atoms with Crippen molar-refractivity contribution in [3.05, 3.63) is 81.8 Å². The first-order valence-corrected chi connectivity index (χ1v) is 16.2. The molecule has 10 nitrogen and oxygen atoms in total. The number of rotatable bonds is 12. The minimum atomic E-state index is -4.14. The van der Waals surface area contributed by atoms with Gasteiger partial charge in [0.15, 0.2) is 11.5 Å². The number of hydrogen-bond donors (Lipinski definition) is 2. The molecule has 0 unspecified atom stereocenters. The number of carbonyl (C=O) groups excluding carboxylic acids is 1. The predicted molar refractivity (Wildman–Crippen MR) is 160 cm³/mol. The molecule has 0 aliphatic heterocycles. The van der Waals surface area contributed by atoms with E-state index in [0.29, 0.717) is 5.56 Å². The first-order chi connectivity index (χ1) is 19.2. The van der Waals surface area contributed by atoms with Crippen LogP contribution in [-0.4, -0.2) is 42.1 Å². The highest BCUT2D eigenvalue weighted by Crippen LogP contribution is 2.38. The molecule has 2 N–H and O–H groups in total. The zero-order valence-corrected chi connectivity index (χ0v) is 26.4. The fourth-order valence-electron chi connectivity index (χ4n) is 3.66. The predicted octanol–water partition coefficient (Wildman–Crippen LogP) is 4.69. The molecular weight excluding hydrogens is 634 g/mol. The van der Waals surface area contributed by atoms with E-state index >= 15 is 0 Å². The topological polar surface area (TPSA) is 140 Å². The molecule has 0 saturated heterocycles. The Morgan fingerprint density at radius 1 is 0.951 bits per heavy atom. The fraction of sp³-hybridized carbons (Fsp3) is 0.286. The number of ether oxygens (including phenoxy) is 1. The Labute approximate surface area is 249 Å². The van der Waals surface area contributed by atoms with Crippen LogP contribution in [0.1, 0.15) is 37.0 Å². The van der Waals surface area contributed by atoms with Gasteiger partial charge in [-0.25, -0.2) is 13.8 Å². The molecule has 0 aliphatic rings. The van der Waals surface area contributed by atoms with Crippen LogP contribution in [0.4, 0.5) is 0 Å². The summed E-state index contributed by atoms with van der Waals surface area (Å²) >= 11 is 3.31. The molecule has 3 aromatic carbocycles. The van der Waals surface area contributed by atoms with Gasteiger partial charge in [-0.05, 0) is 84.1 Å². The zero-order chi connectivity index (χ0) is 30.4. The van der Waals surface area contributed by atoms with Crippen LogP contribution in [0.3, 0.4) is 0 Å². The Balaban J connectivity index is 1.76. The average molecular weight is 667 g/mol. The summed E-state index contributed by atoms with van der Waals surface area (Å²) in [5.41, 5.74) is 4.62. The third kappa shape index (κ3) is 8.86. The maximum Gasteiger partial charge on any atom is 0.339 e. The summed E-state index contributed by atoms with van der Waals surface area (Å²) in [4.78, 5) is 13.0. The van der Waals surface area contributed by atoms with E-state index in [9.17, 15) is 21.6 Å². The number of nitrogens with one attached hydrogen (secondary N) is 2. The Hall–Kier alpha value is -3.26. The van der Waals surface area contributed by atoms with Crippen LogP contribution in [0.25, 0.3) is 0 Å². The molecule has 0 fully saturated rings. The Kier molecular flexibility index (Phi) is 10.7. The van der Waals surface area contributed by atoms with Gasteiger partial charge < -0.3 is 8.92 Å². The fourth-order valence-corrected chi connectivity index (χ4v) is 6.47. The van der Waals surface area contributed by atoms with Crippen molar-refractivity contribution in [2.24, 2.45) is 11.0 Å². The zero-order valence-electron chi connectivity index (χ0n) is 23.2. The second-order valence-corrected chi connectivity index (χ2v) is 13.8. The van der Waals surface area contributed by atoms with Gasteiger partial charge in [0.05, 0.1) is 22.7 Å². The Morgan fingerprint density at radius 3 is 2.05 bits per heavy atom. The number of methoxy groups -OCH3 is 1. The number of halogens is 1. The molecule has 0 aliphatic carbocycles. The van der Waals surface area contributed by atoms with Crippen molar-refractivity contribution < 1.29 is 30.6 Å². The van der Waals surface area contributed by atoms with Gasteiger partial charge in [-0.3, -0.25) is 4.79 Å². The van der Waals surface area contributed by atoms with Crippen molar-refractivity contribution in [1.82, 2.24) is 10.1 Å². The first kappa shape index (κ1) is 32.3. The molecule has 13 heteroatoms. The smallest absolute Gasteiger partial charge is 0.339 e. The molecule has 1 atom stereocenters. The molecule has 220 valence electrons. The number of hydrogen-bond acceptors (Lipinski definition) is 8. The van der Waals surface area contributed by atoms with E-state index in [-0.39, 0.29) is 38.1 Å². The van der Waals surface area contributed by atoms with Gasteiger partial charge in [-0.1, -0.05) is 49.2 Å². The summed E-state index contributed by atoms with van der Waals surface area (Å²) in [7, 11) is -6.74. The van der Waals surface area contributed by atoms with Crippen LogP contribution < -0.4 is 19.1 Å². The number of hydrazone groups is 1. The highest BCUT2D eigenvalue weighted by molar-refractivity contribution is 9.10. The Morgan fingerprint density at radius 2 is 1.51 bits per heavy atom. The maximum absolute atomic E-state index is 12.9. The summed E-state index contributed by atoms with van der Waals surface area (Å²) < 4.78 is 64.8. The molecule has 0 aromatic heterocycles. The van der Waals surface area contributed by atoms with Crippen LogP contribution in [0, 0.1) is 19.8 Å². The van der Waals surface area contributed by atoms with Gasteiger partial charge in [-0.2, -0.15) is 18.2 Å². The van der Waals surface area contributed by atoms with E-state index in [2.05, 4.69) is 31.2 Å². The second kappa shape index (κ2) is 13.6. The molecule has 0 saturated carbocycles. The normalized spacial score (nSPS) is 12.9. The lowest BCUT2D eigenvalue weighted by Gasteiger charge is -2.19. The molecule has 0 heterocycles. The van der Waals surface area contributed by atoms with Gasteiger partial charge in [-0.15, -0.1) is 0 Å². The van der Waals surface area contributed by atoms with Crippen LogP contribution >= 0.6 is 15.9 Å². The van der Waals surface area contributed by atoms with Gasteiger partial charge in [0, 0.05) is 0 Å². The van der Waals surface area contributed by atoms with E-state index in [1.807, 2.05) is 27.7 Å². The molecule has 0 bridgehead atoms. The highest BCUT2D eigenvalue weighted by atomic mass is 79.9. The van der Waals surface area contributed by atoms with Crippen molar-refractivity contribution in [2.75, 3.05) is 7.11 Å². The third-order valence-corrected chi connectivity index (χ3v) is 9.11. The number of nitrogens with zero attached hydrogens (tertiary/aromatic N) is 1. The summed E-state index contributed by atoms with van der Waals surface area (Å²) in [6.45, 7) is 7.43. The minimum Gasteiger partial charge on any atom is -0.493 e. The molecule has 3 aromatic rings. The summed E-state index contributed by atoms with van der Waals surface area (Å²) in [6.07, 6.45) is 1.55. The quantitative estimate of drug-likeness (QED) is 0.163. The largest absolute Gasteiger partial charge is 0.493 e. The standard InChI is InChI=1S/C28H32BrN3O7S2/c1-18(2)14-25(32-40(34,35)22-10-6-19(3)7-11-22)28(33)31-30-17-21-15-24(29)27(26(16-21)38-5)39-41(36,37)23-12-8-20(4)9-13-23/h6-13,15-18,25,32H,14H2,1-5H3,(H,31,33)/b30-17-/t25-/m1/s1. The van der Waals surface area contributed by atoms with Gasteiger partial charge >= 0.3 is 10.1 Å². The van der Waals surface area contributed by atoms with E-state index < -0.39 is 32.1 Å². The van der Waals surface area contributed by atoms with Crippen LogP contribution in [0.15, 0.2) is 80.0 Å². The lowest BCUT2D eigenvalue weighted by atomic mass is 10.0. The van der Waals surface area contributed by atoms with Crippen molar-refractivity contribution in [1.29, 1.82) is 0 Å². The average Bonchev–Trinajstić information content (AvgIpc) is 2.89. The molecule has 0 radical (unpaired) electrons. The van der Waals surface area contributed by atoms with E-state index in [4.69, 9.17) is 8.92 Å². The number of aryl methyl sites for hydroxylation is 2. The van der Waals surface area contributed by atoms with Crippen molar-refractivity contribution in [3.63, 3.8) is 0 Å². The maximum atomic E-state index is 12.9. The lowest BCUT2D eigenvalue weighted by Crippen LogP contribution is -2.46.